The quantitative estimate of drug-likeness (QED) is 0.279. The number of rotatable bonds is 8. The molecular formula is C25H23F2LiN2O7. The first-order valence-electron chi connectivity index (χ1n) is 10.5. The molecule has 0 aliphatic heterocycles. The molecular weight excluding hydrogens is 485 g/mol. The molecule has 4 aromatic rings. The SMILES string of the molecule is COC(=O)CCc1coc(-c2ccc(F)cc2)n1.O=C(O)CCc1coc(-c2ccc(F)cc2)n1.[Li+].[OH-]. The third-order valence-electron chi connectivity index (χ3n) is 4.69. The van der Waals surface area contributed by atoms with E-state index in [4.69, 9.17) is 13.9 Å². The maximum atomic E-state index is 12.8. The maximum absolute atomic E-state index is 12.8. The number of methoxy groups -OCH3 is 1. The number of halogens is 2. The van der Waals surface area contributed by atoms with Crippen molar-refractivity contribution >= 4 is 11.9 Å². The molecule has 2 N–H and O–H groups in total. The number of hydrogen-bond donors (Lipinski definition) is 1. The summed E-state index contributed by atoms with van der Waals surface area (Å²) in [5.74, 6) is -1.03. The normalized spacial score (nSPS) is 9.81. The Morgan fingerprint density at radius 2 is 1.22 bits per heavy atom. The molecule has 0 spiro atoms. The van der Waals surface area contributed by atoms with Crippen LogP contribution in [0.3, 0.4) is 0 Å². The van der Waals surface area contributed by atoms with Gasteiger partial charge in [0.05, 0.1) is 31.3 Å². The molecule has 0 fully saturated rings. The molecule has 190 valence electrons. The summed E-state index contributed by atoms with van der Waals surface area (Å²) in [6.45, 7) is 0. The van der Waals surface area contributed by atoms with Crippen LogP contribution in [-0.2, 0) is 27.2 Å². The number of aryl methyl sites for hydroxylation is 2. The number of carbonyl (C=O) groups excluding carboxylic acids is 1. The van der Waals surface area contributed by atoms with Crippen molar-refractivity contribution in [2.75, 3.05) is 7.11 Å². The van der Waals surface area contributed by atoms with Gasteiger partial charge in [0.2, 0.25) is 11.8 Å². The van der Waals surface area contributed by atoms with Crippen molar-refractivity contribution in [2.24, 2.45) is 0 Å². The summed E-state index contributed by atoms with van der Waals surface area (Å²) < 4.78 is 40.5. The van der Waals surface area contributed by atoms with Crippen LogP contribution in [0.4, 0.5) is 8.78 Å². The summed E-state index contributed by atoms with van der Waals surface area (Å²) in [7, 11) is 1.34. The van der Waals surface area contributed by atoms with Crippen molar-refractivity contribution in [2.45, 2.75) is 25.7 Å². The van der Waals surface area contributed by atoms with Crippen molar-refractivity contribution in [1.82, 2.24) is 9.97 Å². The molecule has 12 heteroatoms. The topological polar surface area (TPSA) is 146 Å². The molecule has 0 amide bonds. The summed E-state index contributed by atoms with van der Waals surface area (Å²) in [4.78, 5) is 29.7. The minimum Gasteiger partial charge on any atom is -0.870 e. The minimum absolute atomic E-state index is 0. The summed E-state index contributed by atoms with van der Waals surface area (Å²) in [5.41, 5.74) is 2.60. The summed E-state index contributed by atoms with van der Waals surface area (Å²) in [6.07, 6.45) is 3.95. The van der Waals surface area contributed by atoms with Crippen LogP contribution in [0.2, 0.25) is 0 Å². The number of carboxylic acid groups (broad SMARTS) is 1. The van der Waals surface area contributed by atoms with Crippen LogP contribution in [0.15, 0.2) is 69.9 Å². The predicted molar refractivity (Wildman–Crippen MR) is 122 cm³/mol. The molecule has 0 saturated carbocycles. The van der Waals surface area contributed by atoms with E-state index in [-0.39, 0.29) is 54.8 Å². The Bertz CT molecular complexity index is 1260. The number of carboxylic acids is 1. The first-order valence-corrected chi connectivity index (χ1v) is 10.5. The van der Waals surface area contributed by atoms with Crippen LogP contribution in [0, 0.1) is 11.6 Å². The van der Waals surface area contributed by atoms with Crippen LogP contribution in [0.5, 0.6) is 0 Å². The van der Waals surface area contributed by atoms with E-state index in [0.29, 0.717) is 47.1 Å². The van der Waals surface area contributed by atoms with Crippen molar-refractivity contribution in [1.29, 1.82) is 0 Å². The molecule has 2 aromatic heterocycles. The van der Waals surface area contributed by atoms with Gasteiger partial charge in [-0.25, -0.2) is 18.7 Å². The number of aliphatic carboxylic acids is 1. The average molecular weight is 508 g/mol. The molecule has 0 saturated heterocycles. The fourth-order valence-electron chi connectivity index (χ4n) is 2.86. The van der Waals surface area contributed by atoms with Crippen molar-refractivity contribution < 1.29 is 61.4 Å². The number of ether oxygens (including phenoxy) is 1. The second-order valence-electron chi connectivity index (χ2n) is 7.27. The summed E-state index contributed by atoms with van der Waals surface area (Å²) in [6, 6.07) is 11.6. The van der Waals surface area contributed by atoms with Gasteiger partial charge in [0.25, 0.3) is 0 Å². The second kappa shape index (κ2) is 15.4. The van der Waals surface area contributed by atoms with Crippen molar-refractivity contribution in [3.05, 3.63) is 84.1 Å². The Hall–Kier alpha value is -3.78. The molecule has 0 aliphatic rings. The standard InChI is InChI=1S/C13H12FNO3.C12H10FNO3.Li.H2O/c1-17-12(16)7-6-11-8-18-13(15-11)9-2-4-10(14)5-3-9;13-9-3-1-8(2-4-9)12-14-10(7-17-12)5-6-11(15)16;;/h2-5,8H,6-7H2,1H3;1-4,7H,5-6H2,(H,15,16);;1H2/q;;+1;/p-1. The molecule has 0 atom stereocenters. The number of carbonyl (C=O) groups is 2. The van der Waals surface area contributed by atoms with E-state index in [0.717, 1.165) is 0 Å². The van der Waals surface area contributed by atoms with Gasteiger partial charge in [-0.1, -0.05) is 0 Å². The van der Waals surface area contributed by atoms with Crippen molar-refractivity contribution in [3.8, 4) is 22.9 Å². The molecule has 2 heterocycles. The average Bonchev–Trinajstić information content (AvgIpc) is 3.53. The second-order valence-corrected chi connectivity index (χ2v) is 7.27. The van der Waals surface area contributed by atoms with E-state index in [2.05, 4.69) is 14.7 Å². The van der Waals surface area contributed by atoms with Gasteiger partial charge in [-0.05, 0) is 48.5 Å². The minimum atomic E-state index is -0.878. The van der Waals surface area contributed by atoms with Crippen molar-refractivity contribution in [3.63, 3.8) is 0 Å². The number of hydrogen-bond acceptors (Lipinski definition) is 8. The van der Waals surface area contributed by atoms with Gasteiger partial charge in [0.1, 0.15) is 24.2 Å². The van der Waals surface area contributed by atoms with E-state index >= 15 is 0 Å². The fraction of sp³-hybridized carbons (Fsp3) is 0.200. The monoisotopic (exact) mass is 508 g/mol. The van der Waals surface area contributed by atoms with Gasteiger partial charge in [0.15, 0.2) is 0 Å². The molecule has 4 rings (SSSR count). The Balaban J connectivity index is 0.000000351. The van der Waals surface area contributed by atoms with E-state index < -0.39 is 5.97 Å². The van der Waals surface area contributed by atoms with E-state index in [1.165, 1.54) is 43.9 Å². The molecule has 0 bridgehead atoms. The third kappa shape index (κ3) is 10.0. The van der Waals surface area contributed by atoms with Gasteiger partial charge in [0, 0.05) is 24.0 Å². The Morgan fingerprint density at radius 1 is 0.811 bits per heavy atom. The largest absolute Gasteiger partial charge is 1.00 e. The zero-order chi connectivity index (χ0) is 25.2. The van der Waals surface area contributed by atoms with Gasteiger partial charge < -0.3 is 24.2 Å². The van der Waals surface area contributed by atoms with Gasteiger partial charge in [-0.2, -0.15) is 0 Å². The van der Waals surface area contributed by atoms with E-state index in [1.807, 2.05) is 0 Å². The number of nitrogens with zero attached hydrogens (tertiary/aromatic N) is 2. The van der Waals surface area contributed by atoms with Crippen LogP contribution in [0.1, 0.15) is 24.2 Å². The Kier molecular flexibility index (Phi) is 13.0. The summed E-state index contributed by atoms with van der Waals surface area (Å²) >= 11 is 0. The van der Waals surface area contributed by atoms with E-state index in [1.54, 1.807) is 24.3 Å². The zero-order valence-corrected chi connectivity index (χ0v) is 20.2. The number of esters is 1. The fourth-order valence-corrected chi connectivity index (χ4v) is 2.86. The van der Waals surface area contributed by atoms with Gasteiger partial charge >= 0.3 is 30.8 Å². The van der Waals surface area contributed by atoms with Crippen LogP contribution in [-0.4, -0.2) is 39.6 Å². The molecule has 0 aliphatic carbocycles. The van der Waals surface area contributed by atoms with Gasteiger partial charge in [-0.15, -0.1) is 0 Å². The summed E-state index contributed by atoms with van der Waals surface area (Å²) in [5, 5.41) is 8.53. The van der Waals surface area contributed by atoms with Crippen LogP contribution >= 0.6 is 0 Å². The number of benzene rings is 2. The Labute approximate surface area is 223 Å². The molecule has 37 heavy (non-hydrogen) atoms. The predicted octanol–water partition coefficient (Wildman–Crippen LogP) is 1.91. The number of aromatic nitrogens is 2. The molecule has 0 unspecified atom stereocenters. The molecule has 2 aromatic carbocycles. The number of oxazole rings is 2. The zero-order valence-electron chi connectivity index (χ0n) is 20.2. The van der Waals surface area contributed by atoms with Crippen LogP contribution in [0.25, 0.3) is 22.9 Å². The maximum Gasteiger partial charge on any atom is 1.00 e. The van der Waals surface area contributed by atoms with Gasteiger partial charge in [-0.3, -0.25) is 9.59 Å². The van der Waals surface area contributed by atoms with Crippen LogP contribution < -0.4 is 18.9 Å². The molecule has 0 radical (unpaired) electrons. The first kappa shape index (κ1) is 31.2. The Morgan fingerprint density at radius 3 is 1.59 bits per heavy atom. The smallest absolute Gasteiger partial charge is 0.870 e. The third-order valence-corrected chi connectivity index (χ3v) is 4.69. The van der Waals surface area contributed by atoms with E-state index in [9.17, 15) is 18.4 Å². The molecule has 9 nitrogen and oxygen atoms in total. The first-order chi connectivity index (χ1) is 16.8.